The Bertz CT molecular complexity index is 57.8. The van der Waals surface area contributed by atoms with Gasteiger partial charge in [-0.15, -0.1) is 0 Å². The second kappa shape index (κ2) is 5.70. The minimum Gasteiger partial charge on any atom is -0.303 e. The summed E-state index contributed by atoms with van der Waals surface area (Å²) in [6.45, 7) is 0. The van der Waals surface area contributed by atoms with Crippen molar-refractivity contribution in [1.82, 2.24) is 0 Å². The quantitative estimate of drug-likeness (QED) is 0.334. The first-order valence-electron chi connectivity index (χ1n) is 0.783. The molecule has 0 heterocycles. The maximum Gasteiger partial charge on any atom is 0.466 e. The van der Waals surface area contributed by atoms with Crippen molar-refractivity contribution in [3.63, 3.8) is 0 Å². The van der Waals surface area contributed by atoms with Gasteiger partial charge >= 0.3 is 7.82 Å². The Morgan fingerprint density at radius 2 is 1.14 bits per heavy atom. The number of phosphoric acid groups is 1. The van der Waals surface area contributed by atoms with Crippen LogP contribution >= 0.6 is 7.82 Å². The van der Waals surface area contributed by atoms with E-state index in [2.05, 4.69) is 0 Å². The van der Waals surface area contributed by atoms with Gasteiger partial charge in [-0.3, -0.25) is 0 Å². The smallest absolute Gasteiger partial charge is 0.303 e. The average Bonchev–Trinajstić information content (AvgIpc) is 0.722. The van der Waals surface area contributed by atoms with Crippen LogP contribution in [-0.4, -0.2) is 32.0 Å². The van der Waals surface area contributed by atoms with Crippen LogP contribution < -0.4 is 0 Å². The van der Waals surface area contributed by atoms with E-state index < -0.39 is 7.82 Å². The van der Waals surface area contributed by atoms with Gasteiger partial charge in [0.15, 0.2) is 17.4 Å². The maximum atomic E-state index is 8.88. The van der Waals surface area contributed by atoms with Gasteiger partial charge in [-0.25, -0.2) is 4.57 Å². The van der Waals surface area contributed by atoms with Crippen molar-refractivity contribution in [2.24, 2.45) is 0 Å². The Kier molecular flexibility index (Phi) is 12.9. The van der Waals surface area contributed by atoms with Crippen molar-refractivity contribution in [3.05, 3.63) is 0 Å². The minimum atomic E-state index is -4.64. The van der Waals surface area contributed by atoms with Crippen LogP contribution in [-0.2, 0) is 31.9 Å². The fourth-order valence-electron chi connectivity index (χ4n) is 0. The third-order valence-corrected chi connectivity index (χ3v) is 0. The van der Waals surface area contributed by atoms with E-state index in [9.17, 15) is 0 Å². The van der Waals surface area contributed by atoms with Crippen molar-refractivity contribution in [2.75, 3.05) is 0 Å². The van der Waals surface area contributed by atoms with Crippen molar-refractivity contribution in [3.8, 4) is 0 Å². The molecule has 0 rings (SSSR count). The van der Waals surface area contributed by atoms with Crippen LogP contribution in [0, 0.1) is 0 Å². The molecule has 4 nitrogen and oxygen atoms in total. The predicted molar refractivity (Wildman–Crippen MR) is 24.2 cm³/mol. The zero-order valence-corrected chi connectivity index (χ0v) is 7.83. The Balaban J connectivity index is -0.0000000800. The van der Waals surface area contributed by atoms with Gasteiger partial charge in [0.05, 0.1) is 0 Å². The van der Waals surface area contributed by atoms with Gasteiger partial charge in [0.2, 0.25) is 0 Å². The summed E-state index contributed by atoms with van der Waals surface area (Å²) in [6, 6.07) is 0. The van der Waals surface area contributed by atoms with Gasteiger partial charge in [0, 0.05) is 27.3 Å². The van der Waals surface area contributed by atoms with Crippen molar-refractivity contribution < 1.29 is 46.5 Å². The van der Waals surface area contributed by atoms with Gasteiger partial charge in [-0.2, -0.15) is 0 Å². The largest absolute Gasteiger partial charge is 0.466 e. The van der Waals surface area contributed by atoms with E-state index >= 15 is 0 Å². The Labute approximate surface area is 71.5 Å². The summed E-state index contributed by atoms with van der Waals surface area (Å²) in [5.41, 5.74) is 0. The molecule has 0 aromatic rings. The fourth-order valence-corrected chi connectivity index (χ4v) is 0. The molecule has 0 aliphatic carbocycles. The molecule has 0 fully saturated rings. The van der Waals surface area contributed by atoms with Crippen molar-refractivity contribution in [2.45, 2.75) is 0 Å². The zero-order chi connectivity index (χ0) is 4.50. The van der Waals surface area contributed by atoms with Crippen LogP contribution in [0.2, 0.25) is 0 Å². The van der Waals surface area contributed by atoms with E-state index in [1.807, 2.05) is 0 Å². The molecule has 0 saturated carbocycles. The van der Waals surface area contributed by atoms with E-state index in [0.29, 0.717) is 0 Å². The first-order chi connectivity index (χ1) is 2.00. The fraction of sp³-hybridized carbons (Fsp3) is 0. The van der Waals surface area contributed by atoms with E-state index in [1.54, 1.807) is 0 Å². The molecule has 0 spiro atoms. The number of hydrogen-bond donors (Lipinski definition) is 3. The summed E-state index contributed by atoms with van der Waals surface area (Å²) in [6.07, 6.45) is 0. The molecule has 7 heteroatoms. The summed E-state index contributed by atoms with van der Waals surface area (Å²) in [7, 11) is -4.64. The molecule has 0 bridgehead atoms. The molecule has 0 aliphatic rings. The molecule has 40 valence electrons. The van der Waals surface area contributed by atoms with E-state index in [4.69, 9.17) is 19.2 Å². The second-order valence-corrected chi connectivity index (χ2v) is 1.54. The van der Waals surface area contributed by atoms with Crippen LogP contribution in [0.1, 0.15) is 0 Å². The standard InChI is InChI=1S/Al.Cd.H3O4P.3H/c;;1-5(2,3)4;;;/h;;(H3,1,2,3,4);;;. The summed E-state index contributed by atoms with van der Waals surface area (Å²) < 4.78 is 8.88. The summed E-state index contributed by atoms with van der Waals surface area (Å²) in [5.74, 6) is 0. The monoisotopic (exact) mass is 242 g/mol. The summed E-state index contributed by atoms with van der Waals surface area (Å²) in [5, 5.41) is 0. The molecular formula is H6AlCdO4P. The van der Waals surface area contributed by atoms with Crippen LogP contribution in [0.25, 0.3) is 0 Å². The number of rotatable bonds is 0. The molecule has 0 aromatic carbocycles. The zero-order valence-electron chi connectivity index (χ0n) is 2.90. The minimum absolute atomic E-state index is 0. The SMILES string of the molecule is O=P(O)(O)O.[AlH3].[Cd]. The van der Waals surface area contributed by atoms with Gasteiger partial charge in [0.1, 0.15) is 0 Å². The van der Waals surface area contributed by atoms with E-state index in [1.165, 1.54) is 0 Å². The van der Waals surface area contributed by atoms with Crippen molar-refractivity contribution >= 4 is 25.2 Å². The van der Waals surface area contributed by atoms with Crippen LogP contribution in [0.15, 0.2) is 0 Å². The summed E-state index contributed by atoms with van der Waals surface area (Å²) >= 11 is 0. The molecular weight excluding hydrogens is 234 g/mol. The molecule has 3 N–H and O–H groups in total. The molecule has 0 atom stereocenters. The third-order valence-electron chi connectivity index (χ3n) is 0. The maximum absolute atomic E-state index is 8.88. The Morgan fingerprint density at radius 1 is 1.14 bits per heavy atom. The molecule has 0 unspecified atom stereocenters. The van der Waals surface area contributed by atoms with E-state index in [0.717, 1.165) is 0 Å². The van der Waals surface area contributed by atoms with Gasteiger partial charge in [0.25, 0.3) is 0 Å². The third kappa shape index (κ3) is 95.7. The van der Waals surface area contributed by atoms with E-state index in [-0.39, 0.29) is 44.7 Å². The van der Waals surface area contributed by atoms with Gasteiger partial charge in [-0.05, 0) is 0 Å². The molecule has 7 heavy (non-hydrogen) atoms. The van der Waals surface area contributed by atoms with Crippen molar-refractivity contribution in [1.29, 1.82) is 0 Å². The number of hydrogen-bond acceptors (Lipinski definition) is 1. The van der Waals surface area contributed by atoms with Crippen LogP contribution in [0.3, 0.4) is 0 Å². The Hall–Kier alpha value is 1.56. The van der Waals surface area contributed by atoms with Crippen LogP contribution in [0.5, 0.6) is 0 Å². The molecule has 0 aromatic heterocycles. The Morgan fingerprint density at radius 3 is 1.14 bits per heavy atom. The van der Waals surface area contributed by atoms with Gasteiger partial charge in [-0.1, -0.05) is 0 Å². The first kappa shape index (κ1) is 15.8. The normalized spacial score (nSPS) is 8.43. The molecule has 0 aliphatic heterocycles. The average molecular weight is 240 g/mol. The topological polar surface area (TPSA) is 77.8 Å². The molecule has 0 amide bonds. The first-order valence-corrected chi connectivity index (χ1v) is 2.35. The molecule has 0 saturated heterocycles. The predicted octanol–water partition coefficient (Wildman–Crippen LogP) is -2.12. The van der Waals surface area contributed by atoms with Gasteiger partial charge < -0.3 is 14.7 Å². The van der Waals surface area contributed by atoms with Crippen LogP contribution in [0.4, 0.5) is 0 Å². The second-order valence-electron chi connectivity index (χ2n) is 0.513. The molecule has 0 radical (unpaired) electrons. The summed E-state index contributed by atoms with van der Waals surface area (Å²) in [4.78, 5) is 21.6.